The van der Waals surface area contributed by atoms with Crippen molar-refractivity contribution in [3.63, 3.8) is 0 Å². The van der Waals surface area contributed by atoms with Crippen LogP contribution in [0.25, 0.3) is 0 Å². The molecule has 0 aliphatic heterocycles. The lowest BCUT2D eigenvalue weighted by atomic mass is 10.1. The summed E-state index contributed by atoms with van der Waals surface area (Å²) in [6.45, 7) is 5.82. The van der Waals surface area contributed by atoms with Gasteiger partial charge in [-0.05, 0) is 48.8 Å². The van der Waals surface area contributed by atoms with Gasteiger partial charge in [0.1, 0.15) is 5.75 Å². The largest absolute Gasteiger partial charge is 0.433 e. The molecule has 106 valence electrons. The minimum atomic E-state index is -0.342. The van der Waals surface area contributed by atoms with Crippen LogP contribution < -0.4 is 16.0 Å². The molecule has 2 rings (SSSR count). The smallest absolute Gasteiger partial charge is 0.314 e. The fourth-order valence-electron chi connectivity index (χ4n) is 1.70. The first-order valence-corrected chi connectivity index (χ1v) is 6.90. The number of halogens is 1. The van der Waals surface area contributed by atoms with Crippen LogP contribution in [0.3, 0.4) is 0 Å². The molecule has 0 bridgehead atoms. The van der Waals surface area contributed by atoms with Crippen LogP contribution in [-0.2, 0) is 5.54 Å². The average Bonchev–Trinajstić information content (AvgIpc) is 2.36. The summed E-state index contributed by atoms with van der Waals surface area (Å²) >= 11 is 3.33. The Morgan fingerprint density at radius 2 is 2.05 bits per heavy atom. The van der Waals surface area contributed by atoms with Gasteiger partial charge in [-0.1, -0.05) is 6.07 Å². The summed E-state index contributed by atoms with van der Waals surface area (Å²) in [5.41, 5.74) is 5.69. The molecule has 1 aromatic carbocycles. The molecule has 0 aliphatic carbocycles. The Morgan fingerprint density at radius 3 is 2.70 bits per heavy atom. The quantitative estimate of drug-likeness (QED) is 0.854. The van der Waals surface area contributed by atoms with Crippen molar-refractivity contribution in [1.29, 1.82) is 0 Å². The van der Waals surface area contributed by atoms with E-state index in [1.165, 1.54) is 0 Å². The number of ether oxygens (including phenoxy) is 1. The first-order valence-electron chi connectivity index (χ1n) is 6.10. The van der Waals surface area contributed by atoms with E-state index in [4.69, 9.17) is 10.5 Å². The van der Waals surface area contributed by atoms with Gasteiger partial charge in [0.2, 0.25) is 0 Å². The van der Waals surface area contributed by atoms with Crippen LogP contribution in [-0.4, -0.2) is 9.55 Å². The third kappa shape index (κ3) is 2.85. The maximum Gasteiger partial charge on any atom is 0.314 e. The van der Waals surface area contributed by atoms with E-state index in [-0.39, 0.29) is 17.0 Å². The molecule has 1 heterocycles. The van der Waals surface area contributed by atoms with Gasteiger partial charge >= 0.3 is 5.56 Å². The Morgan fingerprint density at radius 1 is 1.35 bits per heavy atom. The number of anilines is 1. The van der Waals surface area contributed by atoms with E-state index >= 15 is 0 Å². The highest BCUT2D eigenvalue weighted by molar-refractivity contribution is 9.10. The predicted octanol–water partition coefficient (Wildman–Crippen LogP) is 3.14. The van der Waals surface area contributed by atoms with E-state index in [1.54, 1.807) is 35.2 Å². The van der Waals surface area contributed by atoms with Crippen molar-refractivity contribution in [2.24, 2.45) is 0 Å². The fraction of sp³-hybridized carbons (Fsp3) is 0.286. The molecule has 0 radical (unpaired) electrons. The molecule has 0 amide bonds. The Labute approximate surface area is 125 Å². The summed E-state index contributed by atoms with van der Waals surface area (Å²) in [6, 6.07) is 5.21. The molecule has 5 nitrogen and oxygen atoms in total. The zero-order valence-electron chi connectivity index (χ0n) is 11.6. The Balaban J connectivity index is 2.45. The van der Waals surface area contributed by atoms with E-state index in [9.17, 15) is 4.79 Å². The van der Waals surface area contributed by atoms with Crippen molar-refractivity contribution in [3.05, 3.63) is 45.4 Å². The van der Waals surface area contributed by atoms with E-state index in [0.717, 1.165) is 0 Å². The highest BCUT2D eigenvalue weighted by Crippen LogP contribution is 2.32. The standard InChI is InChI=1S/C14H16BrN3O2/c1-14(2,3)18-8-7-17-12(13(18)19)20-10-6-4-5-9(16)11(10)15/h4-8H,16H2,1-3H3. The molecular weight excluding hydrogens is 322 g/mol. The molecule has 0 spiro atoms. The normalized spacial score (nSPS) is 11.4. The van der Waals surface area contributed by atoms with Gasteiger partial charge in [0.25, 0.3) is 5.88 Å². The minimum Gasteiger partial charge on any atom is -0.433 e. The highest BCUT2D eigenvalue weighted by atomic mass is 79.9. The molecule has 6 heteroatoms. The molecule has 2 N–H and O–H groups in total. The number of rotatable bonds is 2. The zero-order chi connectivity index (χ0) is 14.9. The van der Waals surface area contributed by atoms with Gasteiger partial charge < -0.3 is 15.0 Å². The van der Waals surface area contributed by atoms with Gasteiger partial charge in [-0.3, -0.25) is 4.79 Å². The molecular formula is C14H16BrN3O2. The molecule has 0 unspecified atom stereocenters. The molecule has 2 aromatic rings. The monoisotopic (exact) mass is 337 g/mol. The third-order valence-electron chi connectivity index (χ3n) is 2.73. The van der Waals surface area contributed by atoms with Crippen molar-refractivity contribution < 1.29 is 4.74 Å². The average molecular weight is 338 g/mol. The second-order valence-corrected chi connectivity index (χ2v) is 6.13. The fourth-order valence-corrected chi connectivity index (χ4v) is 2.05. The molecule has 1 aromatic heterocycles. The lowest BCUT2D eigenvalue weighted by Crippen LogP contribution is -2.34. The highest BCUT2D eigenvalue weighted by Gasteiger charge is 2.18. The summed E-state index contributed by atoms with van der Waals surface area (Å²) < 4.78 is 7.77. The van der Waals surface area contributed by atoms with Crippen molar-refractivity contribution in [1.82, 2.24) is 9.55 Å². The number of hydrogen-bond donors (Lipinski definition) is 1. The predicted molar refractivity (Wildman–Crippen MR) is 82.1 cm³/mol. The number of aromatic nitrogens is 2. The summed E-state index contributed by atoms with van der Waals surface area (Å²) in [4.78, 5) is 16.3. The van der Waals surface area contributed by atoms with Crippen LogP contribution in [0.15, 0.2) is 39.9 Å². The lowest BCUT2D eigenvalue weighted by molar-refractivity contribution is 0.362. The molecule has 20 heavy (non-hydrogen) atoms. The Kier molecular flexibility index (Phi) is 3.85. The topological polar surface area (TPSA) is 70.1 Å². The first kappa shape index (κ1) is 14.6. The minimum absolute atomic E-state index is 0.0220. The van der Waals surface area contributed by atoms with Gasteiger partial charge in [-0.15, -0.1) is 0 Å². The summed E-state index contributed by atoms with van der Waals surface area (Å²) in [5.74, 6) is 0.481. The Hall–Kier alpha value is -1.82. The number of nitrogens with two attached hydrogens (primary N) is 1. The van der Waals surface area contributed by atoms with Crippen LogP contribution in [0.4, 0.5) is 5.69 Å². The lowest BCUT2D eigenvalue weighted by Gasteiger charge is -2.22. The number of hydrogen-bond acceptors (Lipinski definition) is 4. The number of benzene rings is 1. The maximum atomic E-state index is 12.3. The van der Waals surface area contributed by atoms with Gasteiger partial charge in [-0.2, -0.15) is 0 Å². The van der Waals surface area contributed by atoms with Gasteiger partial charge in [0, 0.05) is 23.6 Å². The van der Waals surface area contributed by atoms with Crippen LogP contribution in [0.2, 0.25) is 0 Å². The maximum absolute atomic E-state index is 12.3. The van der Waals surface area contributed by atoms with Crippen molar-refractivity contribution in [3.8, 4) is 11.6 Å². The number of nitrogens with zero attached hydrogens (tertiary/aromatic N) is 2. The summed E-state index contributed by atoms with van der Waals surface area (Å²) in [6.07, 6.45) is 3.19. The van der Waals surface area contributed by atoms with E-state index < -0.39 is 0 Å². The van der Waals surface area contributed by atoms with Crippen LogP contribution in [0, 0.1) is 0 Å². The Bertz CT molecular complexity index is 690. The first-order chi connectivity index (χ1) is 9.30. The summed E-state index contributed by atoms with van der Waals surface area (Å²) in [5, 5.41) is 0. The zero-order valence-corrected chi connectivity index (χ0v) is 13.1. The van der Waals surface area contributed by atoms with Crippen LogP contribution in [0.5, 0.6) is 11.6 Å². The van der Waals surface area contributed by atoms with Crippen molar-refractivity contribution in [2.75, 3.05) is 5.73 Å². The van der Waals surface area contributed by atoms with Crippen molar-refractivity contribution >= 4 is 21.6 Å². The van der Waals surface area contributed by atoms with E-state index in [1.807, 2.05) is 20.8 Å². The SMILES string of the molecule is CC(C)(C)n1ccnc(Oc2cccc(N)c2Br)c1=O. The van der Waals surface area contributed by atoms with Crippen LogP contribution in [0.1, 0.15) is 20.8 Å². The van der Waals surface area contributed by atoms with Gasteiger partial charge in [-0.25, -0.2) is 4.98 Å². The van der Waals surface area contributed by atoms with E-state index in [0.29, 0.717) is 15.9 Å². The number of nitrogen functional groups attached to an aromatic ring is 1. The molecule has 0 fully saturated rings. The third-order valence-corrected chi connectivity index (χ3v) is 3.58. The van der Waals surface area contributed by atoms with Gasteiger partial charge in [0.05, 0.1) is 4.47 Å². The molecule has 0 atom stereocenters. The van der Waals surface area contributed by atoms with Gasteiger partial charge in [0.15, 0.2) is 0 Å². The second kappa shape index (κ2) is 5.28. The molecule has 0 saturated heterocycles. The second-order valence-electron chi connectivity index (χ2n) is 5.34. The summed E-state index contributed by atoms with van der Waals surface area (Å²) in [7, 11) is 0. The van der Waals surface area contributed by atoms with Crippen LogP contribution >= 0.6 is 15.9 Å². The molecule has 0 saturated carbocycles. The van der Waals surface area contributed by atoms with E-state index in [2.05, 4.69) is 20.9 Å². The molecule has 0 aliphatic rings. The van der Waals surface area contributed by atoms with Crippen molar-refractivity contribution in [2.45, 2.75) is 26.3 Å².